The maximum absolute atomic E-state index is 13.8. The summed E-state index contributed by atoms with van der Waals surface area (Å²) in [5.41, 5.74) is 4.47. The number of nitrogens with two attached hydrogens (primary N) is 1. The Balaban J connectivity index is 1.86. The number of primary amides is 1. The van der Waals surface area contributed by atoms with Gasteiger partial charge in [0.15, 0.2) is 20.9 Å². The second-order valence-corrected chi connectivity index (χ2v) is 14.4. The second-order valence-electron chi connectivity index (χ2n) is 10.6. The predicted octanol–water partition coefficient (Wildman–Crippen LogP) is 1.55. The molecule has 0 saturated carbocycles. The predicted molar refractivity (Wildman–Crippen MR) is 141 cm³/mol. The molecule has 39 heavy (non-hydrogen) atoms. The van der Waals surface area contributed by atoms with Crippen LogP contribution in [0.4, 0.5) is 15.8 Å². The van der Waals surface area contributed by atoms with Crippen molar-refractivity contribution in [3.63, 3.8) is 0 Å². The minimum absolute atomic E-state index is 0.0678. The summed E-state index contributed by atoms with van der Waals surface area (Å²) in [5.74, 6) is -4.93. The molecule has 2 aliphatic rings. The zero-order chi connectivity index (χ0) is 29.1. The first kappa shape index (κ1) is 28.4. The largest absolute Gasteiger partial charge is 0.368 e. The Bertz CT molecular complexity index is 1630. The zero-order valence-corrected chi connectivity index (χ0v) is 23.1. The molecule has 0 bridgehead atoms. The average Bonchev–Trinajstić information content (AvgIpc) is 3.03. The lowest BCUT2D eigenvalue weighted by Gasteiger charge is -2.33. The van der Waals surface area contributed by atoms with Crippen molar-refractivity contribution in [2.45, 2.75) is 43.5 Å². The number of carbonyl (C=O) groups excluding carboxylic acids is 3. The number of sulfonamides is 1. The van der Waals surface area contributed by atoms with Gasteiger partial charge in [-0.25, -0.2) is 21.2 Å². The van der Waals surface area contributed by atoms with Crippen LogP contribution in [-0.2, 0) is 40.8 Å². The standard InChI is InChI=1S/C25H27FN4O7S2/c1-25(2,3)22-20(31)18(24(33)30(22)12-13-5-7-14(26)8-6-13)19-21(23(27)32)39(36,37)17-11-15(29-38(4,34)35)9-10-16(17)28-19/h5-11,18,21-22,29H,12H2,1-4H3,(H2,27,32)/t18?,21?,22-/m1/s1. The van der Waals surface area contributed by atoms with Gasteiger partial charge in [-0.3, -0.25) is 24.1 Å². The molecule has 3 N–H and O–H groups in total. The van der Waals surface area contributed by atoms with Crippen LogP contribution in [0.25, 0.3) is 0 Å². The van der Waals surface area contributed by atoms with Crippen molar-refractivity contribution in [1.82, 2.24) is 4.90 Å². The molecule has 2 aromatic carbocycles. The Hall–Kier alpha value is -3.65. The molecule has 14 heteroatoms. The molecule has 0 aliphatic carbocycles. The van der Waals surface area contributed by atoms with Crippen LogP contribution in [0.2, 0.25) is 0 Å². The quantitative estimate of drug-likeness (QED) is 0.489. The van der Waals surface area contributed by atoms with Gasteiger partial charge in [-0.15, -0.1) is 0 Å². The SMILES string of the molecule is CC(C)(C)[C@H]1C(=O)C(C2=Nc3ccc(NS(C)(=O)=O)cc3S(=O)(=O)C2C(N)=O)C(=O)N1Cc1ccc(F)cc1. The van der Waals surface area contributed by atoms with Gasteiger partial charge in [-0.05, 0) is 41.3 Å². The molecule has 2 amide bonds. The van der Waals surface area contributed by atoms with Gasteiger partial charge in [0.05, 0.1) is 28.6 Å². The summed E-state index contributed by atoms with van der Waals surface area (Å²) in [4.78, 5) is 45.2. The first-order valence-electron chi connectivity index (χ1n) is 11.7. The number of carbonyl (C=O) groups is 3. The third-order valence-corrected chi connectivity index (χ3v) is 9.08. The third-order valence-electron chi connectivity index (χ3n) is 6.43. The smallest absolute Gasteiger partial charge is 0.242 e. The summed E-state index contributed by atoms with van der Waals surface area (Å²) in [6.45, 7) is 5.14. The highest BCUT2D eigenvalue weighted by Gasteiger charge is 2.57. The molecule has 2 heterocycles. The Morgan fingerprint density at radius 1 is 1.13 bits per heavy atom. The van der Waals surface area contributed by atoms with E-state index in [1.54, 1.807) is 20.8 Å². The lowest BCUT2D eigenvalue weighted by Crippen LogP contribution is -2.49. The number of nitrogens with one attached hydrogen (secondary N) is 1. The van der Waals surface area contributed by atoms with Crippen LogP contribution in [0.15, 0.2) is 52.4 Å². The lowest BCUT2D eigenvalue weighted by atomic mass is 9.81. The van der Waals surface area contributed by atoms with Crippen molar-refractivity contribution < 1.29 is 35.6 Å². The number of likely N-dealkylation sites (tertiary alicyclic amines) is 1. The van der Waals surface area contributed by atoms with Crippen molar-refractivity contribution in [3.8, 4) is 0 Å². The number of sulfone groups is 1. The Kier molecular flexibility index (Phi) is 6.92. The maximum Gasteiger partial charge on any atom is 0.242 e. The Labute approximate surface area is 225 Å². The monoisotopic (exact) mass is 578 g/mol. The van der Waals surface area contributed by atoms with E-state index in [0.717, 1.165) is 12.3 Å². The topological polar surface area (TPSA) is 173 Å². The first-order valence-corrected chi connectivity index (χ1v) is 15.2. The van der Waals surface area contributed by atoms with Gasteiger partial charge >= 0.3 is 0 Å². The third kappa shape index (κ3) is 5.30. The molecule has 2 unspecified atom stereocenters. The number of ketones is 1. The van der Waals surface area contributed by atoms with Crippen molar-refractivity contribution in [1.29, 1.82) is 0 Å². The van der Waals surface area contributed by atoms with Gasteiger partial charge < -0.3 is 10.6 Å². The zero-order valence-electron chi connectivity index (χ0n) is 21.5. The fourth-order valence-electron chi connectivity index (χ4n) is 4.96. The number of amides is 2. The minimum atomic E-state index is -4.63. The van der Waals surface area contributed by atoms with Gasteiger partial charge in [0.25, 0.3) is 0 Å². The highest BCUT2D eigenvalue weighted by Crippen LogP contribution is 2.41. The summed E-state index contributed by atoms with van der Waals surface area (Å²) in [6, 6.07) is 7.82. The number of anilines is 1. The summed E-state index contributed by atoms with van der Waals surface area (Å²) in [7, 11) is -8.38. The van der Waals surface area contributed by atoms with Crippen molar-refractivity contribution in [2.75, 3.05) is 11.0 Å². The van der Waals surface area contributed by atoms with E-state index in [4.69, 9.17) is 5.73 Å². The molecular weight excluding hydrogens is 551 g/mol. The molecule has 208 valence electrons. The number of Topliss-reactive ketones (excluding diaryl/α,β-unsaturated/α-hetero) is 1. The highest BCUT2D eigenvalue weighted by atomic mass is 32.2. The van der Waals surface area contributed by atoms with Crippen LogP contribution in [0.1, 0.15) is 26.3 Å². The van der Waals surface area contributed by atoms with Gasteiger partial charge in [0, 0.05) is 12.2 Å². The van der Waals surface area contributed by atoms with Crippen LogP contribution in [0.3, 0.4) is 0 Å². The van der Waals surface area contributed by atoms with Crippen LogP contribution < -0.4 is 10.5 Å². The van der Waals surface area contributed by atoms with E-state index in [1.807, 2.05) is 0 Å². The minimum Gasteiger partial charge on any atom is -0.368 e. The van der Waals surface area contributed by atoms with Gasteiger partial charge in [0.1, 0.15) is 11.7 Å². The fraction of sp³-hybridized carbons (Fsp3) is 0.360. The number of nitrogens with zero attached hydrogens (tertiary/aromatic N) is 2. The number of fused-ring (bicyclic) bond motifs is 1. The summed E-state index contributed by atoms with van der Waals surface area (Å²) in [6.07, 6.45) is 0.879. The number of aliphatic imine (C=N–C) groups is 1. The summed E-state index contributed by atoms with van der Waals surface area (Å²) in [5, 5.41) is -2.14. The summed E-state index contributed by atoms with van der Waals surface area (Å²) < 4.78 is 66.1. The number of hydrogen-bond acceptors (Lipinski definition) is 8. The van der Waals surface area contributed by atoms with E-state index in [1.165, 1.54) is 41.3 Å². The highest BCUT2D eigenvalue weighted by molar-refractivity contribution is 7.94. The van der Waals surface area contributed by atoms with Gasteiger partial charge in [-0.2, -0.15) is 0 Å². The van der Waals surface area contributed by atoms with Crippen LogP contribution in [-0.4, -0.2) is 62.6 Å². The van der Waals surface area contributed by atoms with Crippen molar-refractivity contribution >= 4 is 54.5 Å². The average molecular weight is 579 g/mol. The van der Waals surface area contributed by atoms with E-state index < -0.39 is 76.5 Å². The fourth-order valence-corrected chi connectivity index (χ4v) is 7.28. The molecule has 0 aromatic heterocycles. The number of hydrogen-bond donors (Lipinski definition) is 2. The van der Waals surface area contributed by atoms with E-state index in [-0.39, 0.29) is 17.9 Å². The number of benzene rings is 2. The van der Waals surface area contributed by atoms with Gasteiger partial charge in [0.2, 0.25) is 21.8 Å². The molecule has 4 rings (SSSR count). The molecule has 2 aliphatic heterocycles. The molecule has 11 nitrogen and oxygen atoms in total. The Morgan fingerprint density at radius 3 is 2.28 bits per heavy atom. The number of halogens is 1. The van der Waals surface area contributed by atoms with Crippen LogP contribution in [0, 0.1) is 17.2 Å². The Morgan fingerprint density at radius 2 is 1.74 bits per heavy atom. The lowest BCUT2D eigenvalue weighted by molar-refractivity contribution is -0.132. The molecular formula is C25H27FN4O7S2. The number of rotatable bonds is 6. The van der Waals surface area contributed by atoms with E-state index in [9.17, 15) is 35.6 Å². The van der Waals surface area contributed by atoms with Gasteiger partial charge in [-0.1, -0.05) is 32.9 Å². The molecule has 3 atom stereocenters. The molecule has 1 fully saturated rings. The second kappa shape index (κ2) is 9.52. The molecule has 0 spiro atoms. The maximum atomic E-state index is 13.8. The molecule has 1 saturated heterocycles. The van der Waals surface area contributed by atoms with Crippen molar-refractivity contribution in [2.24, 2.45) is 22.1 Å². The van der Waals surface area contributed by atoms with E-state index in [0.29, 0.717) is 5.56 Å². The molecule has 2 aromatic rings. The van der Waals surface area contributed by atoms with Crippen LogP contribution >= 0.6 is 0 Å². The molecule has 0 radical (unpaired) electrons. The summed E-state index contributed by atoms with van der Waals surface area (Å²) >= 11 is 0. The first-order chi connectivity index (χ1) is 17.9. The van der Waals surface area contributed by atoms with E-state index >= 15 is 0 Å². The van der Waals surface area contributed by atoms with Crippen LogP contribution in [0.5, 0.6) is 0 Å². The normalized spacial score (nSPS) is 22.8. The van der Waals surface area contributed by atoms with E-state index in [2.05, 4.69) is 9.71 Å². The van der Waals surface area contributed by atoms with Crippen molar-refractivity contribution in [3.05, 3.63) is 53.8 Å².